The number of carbonyl (C=O) groups is 1. The highest BCUT2D eigenvalue weighted by Crippen LogP contribution is 2.27. The number of benzene rings is 1. The lowest BCUT2D eigenvalue weighted by Crippen LogP contribution is -2.27. The Morgan fingerprint density at radius 3 is 2.88 bits per heavy atom. The summed E-state index contributed by atoms with van der Waals surface area (Å²) in [6.07, 6.45) is 3.91. The van der Waals surface area contributed by atoms with Crippen molar-refractivity contribution in [1.29, 1.82) is 0 Å². The van der Waals surface area contributed by atoms with Gasteiger partial charge in [0.25, 0.3) is 0 Å². The third-order valence-electron chi connectivity index (χ3n) is 3.49. The van der Waals surface area contributed by atoms with Crippen LogP contribution < -0.4 is 10.6 Å². The number of anilines is 1. The van der Waals surface area contributed by atoms with E-state index in [4.69, 9.17) is 4.74 Å². The third-order valence-corrected chi connectivity index (χ3v) is 4.37. The molecule has 0 aliphatic carbocycles. The van der Waals surface area contributed by atoms with Gasteiger partial charge in [0.15, 0.2) is 0 Å². The smallest absolute Gasteiger partial charge is 0.310 e. The van der Waals surface area contributed by atoms with Crippen molar-refractivity contribution in [2.45, 2.75) is 18.8 Å². The molecule has 2 heterocycles. The lowest BCUT2D eigenvalue weighted by atomic mass is 10.1. The summed E-state index contributed by atoms with van der Waals surface area (Å²) in [5, 5.41) is 8.91. The summed E-state index contributed by atoms with van der Waals surface area (Å²) in [7, 11) is 0. The first-order chi connectivity index (χ1) is 11.7. The number of rotatable bonds is 6. The predicted octanol–water partition coefficient (Wildman–Crippen LogP) is 3.22. The van der Waals surface area contributed by atoms with Crippen LogP contribution in [0, 0.1) is 0 Å². The van der Waals surface area contributed by atoms with Gasteiger partial charge in [0, 0.05) is 23.6 Å². The van der Waals surface area contributed by atoms with Crippen molar-refractivity contribution >= 4 is 29.1 Å². The Kier molecular flexibility index (Phi) is 5.38. The molecule has 2 aromatic rings. The molecule has 0 saturated carbocycles. The van der Waals surface area contributed by atoms with Crippen LogP contribution in [0.4, 0.5) is 5.69 Å². The molecule has 1 atom stereocenters. The summed E-state index contributed by atoms with van der Waals surface area (Å²) in [5.41, 5.74) is 4.13. The van der Waals surface area contributed by atoms with Crippen LogP contribution in [0.1, 0.15) is 18.1 Å². The number of hydrogen-bond donors (Lipinski definition) is 2. The van der Waals surface area contributed by atoms with Crippen LogP contribution in [0.3, 0.4) is 0 Å². The molecule has 1 aliphatic heterocycles. The van der Waals surface area contributed by atoms with Gasteiger partial charge in [-0.1, -0.05) is 23.9 Å². The van der Waals surface area contributed by atoms with E-state index in [0.29, 0.717) is 13.0 Å². The molecule has 3 rings (SSSR count). The first-order valence-corrected chi connectivity index (χ1v) is 8.72. The van der Waals surface area contributed by atoms with Gasteiger partial charge in [-0.25, -0.2) is 0 Å². The topological polar surface area (TPSA) is 63.2 Å². The van der Waals surface area contributed by atoms with Gasteiger partial charge in [-0.2, -0.15) is 0 Å². The summed E-state index contributed by atoms with van der Waals surface area (Å²) in [5.74, 6) is -0.198. The Balaban J connectivity index is 1.53. The maximum absolute atomic E-state index is 11.5. The molecule has 6 heteroatoms. The quantitative estimate of drug-likeness (QED) is 0.787. The van der Waals surface area contributed by atoms with Crippen molar-refractivity contribution in [3.8, 4) is 0 Å². The van der Waals surface area contributed by atoms with Gasteiger partial charge in [0.2, 0.25) is 0 Å². The van der Waals surface area contributed by atoms with Gasteiger partial charge in [-0.15, -0.1) is 0 Å². The molecule has 1 aromatic heterocycles. The molecule has 124 valence electrons. The number of nitrogens with one attached hydrogen (secondary N) is 2. The van der Waals surface area contributed by atoms with Crippen LogP contribution >= 0.6 is 11.8 Å². The van der Waals surface area contributed by atoms with E-state index in [9.17, 15) is 4.79 Å². The summed E-state index contributed by atoms with van der Waals surface area (Å²) < 4.78 is 4.96. The number of nitrogens with zero attached hydrogens (tertiary/aromatic N) is 1. The second-order valence-electron chi connectivity index (χ2n) is 5.26. The van der Waals surface area contributed by atoms with Crippen molar-refractivity contribution in [3.05, 3.63) is 65.3 Å². The normalized spacial score (nSPS) is 16.2. The van der Waals surface area contributed by atoms with Gasteiger partial charge in [-0.05, 0) is 42.2 Å². The van der Waals surface area contributed by atoms with E-state index in [1.54, 1.807) is 18.0 Å². The number of aromatic nitrogens is 1. The van der Waals surface area contributed by atoms with Crippen LogP contribution in [0.25, 0.3) is 5.70 Å². The zero-order valence-corrected chi connectivity index (χ0v) is 14.2. The highest BCUT2D eigenvalue weighted by molar-refractivity contribution is 8.03. The molecule has 0 bridgehead atoms. The van der Waals surface area contributed by atoms with Crippen LogP contribution in [0.2, 0.25) is 0 Å². The van der Waals surface area contributed by atoms with Gasteiger partial charge in [0.05, 0.1) is 18.7 Å². The molecule has 2 N–H and O–H groups in total. The third kappa shape index (κ3) is 4.29. The first kappa shape index (κ1) is 16.4. The Morgan fingerprint density at radius 2 is 2.17 bits per heavy atom. The lowest BCUT2D eigenvalue weighted by molar-refractivity contribution is -0.142. The van der Waals surface area contributed by atoms with E-state index < -0.39 is 0 Å². The second kappa shape index (κ2) is 7.88. The van der Waals surface area contributed by atoms with Crippen molar-refractivity contribution in [3.63, 3.8) is 0 Å². The fourth-order valence-corrected chi connectivity index (χ4v) is 3.21. The summed E-state index contributed by atoms with van der Waals surface area (Å²) in [6, 6.07) is 11.8. The number of hydrogen-bond acceptors (Lipinski definition) is 6. The summed E-state index contributed by atoms with van der Waals surface area (Å²) >= 11 is 1.68. The van der Waals surface area contributed by atoms with Crippen molar-refractivity contribution in [2.24, 2.45) is 0 Å². The molecule has 0 saturated heterocycles. The van der Waals surface area contributed by atoms with Crippen LogP contribution in [-0.2, 0) is 16.0 Å². The molecular weight excluding hydrogens is 322 g/mol. The number of esters is 1. The minimum absolute atomic E-state index is 0.0658. The number of carbonyl (C=O) groups excluding carboxylic acids is 1. The largest absolute Gasteiger partial charge is 0.466 e. The molecule has 1 unspecified atom stereocenters. The van der Waals surface area contributed by atoms with Gasteiger partial charge >= 0.3 is 5.97 Å². The Labute approximate surface area is 145 Å². The van der Waals surface area contributed by atoms with E-state index in [0.717, 1.165) is 22.5 Å². The van der Waals surface area contributed by atoms with Crippen molar-refractivity contribution < 1.29 is 9.53 Å². The Bertz CT molecular complexity index is 717. The highest BCUT2D eigenvalue weighted by Gasteiger charge is 2.17. The molecule has 5 nitrogen and oxygen atoms in total. The maximum atomic E-state index is 11.5. The average Bonchev–Trinajstić information content (AvgIpc) is 3.06. The first-order valence-electron chi connectivity index (χ1n) is 7.78. The molecule has 0 fully saturated rings. The number of thioether (sulfide) groups is 1. The van der Waals surface area contributed by atoms with E-state index in [1.807, 2.05) is 49.5 Å². The minimum Gasteiger partial charge on any atom is -0.466 e. The monoisotopic (exact) mass is 341 g/mol. The fourth-order valence-electron chi connectivity index (χ4n) is 2.34. The predicted molar refractivity (Wildman–Crippen MR) is 97.1 cm³/mol. The van der Waals surface area contributed by atoms with Gasteiger partial charge in [0.1, 0.15) is 5.50 Å². The fraction of sp³-hybridized carbons (Fsp3) is 0.222. The average molecular weight is 341 g/mol. The molecular formula is C18H19N3O2S. The highest BCUT2D eigenvalue weighted by atomic mass is 32.2. The number of pyridine rings is 1. The van der Waals surface area contributed by atoms with E-state index in [-0.39, 0.29) is 11.5 Å². The molecule has 0 amide bonds. The van der Waals surface area contributed by atoms with Crippen LogP contribution in [0.15, 0.2) is 54.2 Å². The van der Waals surface area contributed by atoms with E-state index in [1.165, 1.54) is 0 Å². The molecule has 24 heavy (non-hydrogen) atoms. The van der Waals surface area contributed by atoms with E-state index >= 15 is 0 Å². The van der Waals surface area contributed by atoms with Crippen LogP contribution in [-0.4, -0.2) is 23.1 Å². The van der Waals surface area contributed by atoms with Crippen LogP contribution in [0.5, 0.6) is 0 Å². The Morgan fingerprint density at radius 1 is 1.33 bits per heavy atom. The van der Waals surface area contributed by atoms with E-state index in [2.05, 4.69) is 21.0 Å². The van der Waals surface area contributed by atoms with Gasteiger partial charge < -0.3 is 15.4 Å². The summed E-state index contributed by atoms with van der Waals surface area (Å²) in [6.45, 7) is 2.22. The maximum Gasteiger partial charge on any atom is 0.310 e. The second-order valence-corrected chi connectivity index (χ2v) is 6.24. The molecule has 0 spiro atoms. The standard InChI is InChI=1S/C18H19N3O2S/c1-2-23-17(22)10-13-5-7-15(8-6-13)20-18-21-16(12-24-18)14-4-3-9-19-11-14/h3-9,11-12,18,20-21H,2,10H2,1H3. The lowest BCUT2D eigenvalue weighted by Gasteiger charge is -2.16. The van der Waals surface area contributed by atoms with Crippen molar-refractivity contribution in [2.75, 3.05) is 11.9 Å². The molecule has 1 aliphatic rings. The molecule has 0 radical (unpaired) electrons. The van der Waals surface area contributed by atoms with Gasteiger partial charge in [-0.3, -0.25) is 9.78 Å². The summed E-state index contributed by atoms with van der Waals surface area (Å²) in [4.78, 5) is 15.6. The van der Waals surface area contributed by atoms with Crippen molar-refractivity contribution in [1.82, 2.24) is 10.3 Å². The number of ether oxygens (including phenoxy) is 1. The zero-order chi connectivity index (χ0) is 16.8. The Hall–Kier alpha value is -2.47. The SMILES string of the molecule is CCOC(=O)Cc1ccc(NC2NC(c3cccnc3)=CS2)cc1. The molecule has 1 aromatic carbocycles. The minimum atomic E-state index is -0.198. The zero-order valence-electron chi connectivity index (χ0n) is 13.4.